The minimum Gasteiger partial charge on any atom is -0.497 e. The molecule has 0 amide bonds. The summed E-state index contributed by atoms with van der Waals surface area (Å²) in [4.78, 5) is 9.42. The number of aliphatic imine (C=N–C) groups is 1. The minimum atomic E-state index is 0.439. The highest BCUT2D eigenvalue weighted by Gasteiger charge is 2.22. The van der Waals surface area contributed by atoms with Crippen molar-refractivity contribution in [2.45, 2.75) is 51.1 Å². The molecule has 1 aromatic carbocycles. The molecule has 7 heteroatoms. The Bertz CT molecular complexity index is 666. The van der Waals surface area contributed by atoms with Gasteiger partial charge in [-0.15, -0.1) is 0 Å². The van der Waals surface area contributed by atoms with Gasteiger partial charge in [0.2, 0.25) is 0 Å². The number of nitrogens with one attached hydrogen (secondary N) is 2. The number of hydrogen-bond acceptors (Lipinski definition) is 5. The summed E-state index contributed by atoms with van der Waals surface area (Å²) in [7, 11) is 5.25. The summed E-state index contributed by atoms with van der Waals surface area (Å²) < 4.78 is 10.8. The maximum atomic E-state index is 5.42. The second kappa shape index (κ2) is 11.3. The van der Waals surface area contributed by atoms with Gasteiger partial charge < -0.3 is 25.0 Å². The molecule has 2 aliphatic heterocycles. The molecule has 0 saturated carbocycles. The first-order chi connectivity index (χ1) is 14.6. The number of likely N-dealkylation sites (tertiary alicyclic amines) is 1. The molecule has 1 aromatic rings. The van der Waals surface area contributed by atoms with E-state index >= 15 is 0 Å². The molecule has 1 atom stereocenters. The van der Waals surface area contributed by atoms with Crippen molar-refractivity contribution in [3.05, 3.63) is 18.2 Å². The van der Waals surface area contributed by atoms with Crippen molar-refractivity contribution in [3.63, 3.8) is 0 Å². The molecule has 0 aliphatic carbocycles. The SMILES string of the molecule is CN=C(NCCN1CCCCC1C)NC1CCN(c2cc(OC)cc(OC)c2)CC1. The number of guanidine groups is 1. The van der Waals surface area contributed by atoms with Crippen LogP contribution in [-0.2, 0) is 0 Å². The predicted octanol–water partition coefficient (Wildman–Crippen LogP) is 2.71. The molecule has 0 spiro atoms. The van der Waals surface area contributed by atoms with E-state index in [1.165, 1.54) is 25.8 Å². The Labute approximate surface area is 181 Å². The Morgan fingerprint density at radius 1 is 1.03 bits per heavy atom. The average Bonchev–Trinajstić information content (AvgIpc) is 2.79. The van der Waals surface area contributed by atoms with Crippen LogP contribution in [0.3, 0.4) is 0 Å². The van der Waals surface area contributed by atoms with Gasteiger partial charge in [-0.05, 0) is 39.2 Å². The zero-order chi connectivity index (χ0) is 21.3. The normalized spacial score (nSPS) is 21.4. The number of piperidine rings is 2. The first-order valence-electron chi connectivity index (χ1n) is 11.3. The summed E-state index contributed by atoms with van der Waals surface area (Å²) in [6.45, 7) is 7.58. The first-order valence-corrected chi connectivity index (χ1v) is 11.3. The van der Waals surface area contributed by atoms with Gasteiger partial charge in [0.1, 0.15) is 11.5 Å². The van der Waals surface area contributed by atoms with E-state index in [1.807, 2.05) is 13.1 Å². The van der Waals surface area contributed by atoms with Crippen LogP contribution in [0.4, 0.5) is 5.69 Å². The lowest BCUT2D eigenvalue weighted by Crippen LogP contribution is -2.50. The highest BCUT2D eigenvalue weighted by Crippen LogP contribution is 2.30. The van der Waals surface area contributed by atoms with E-state index in [0.29, 0.717) is 12.1 Å². The zero-order valence-corrected chi connectivity index (χ0v) is 19.1. The zero-order valence-electron chi connectivity index (χ0n) is 19.1. The second-order valence-corrected chi connectivity index (χ2v) is 8.36. The summed E-state index contributed by atoms with van der Waals surface area (Å²) in [5, 5.41) is 7.12. The number of methoxy groups -OCH3 is 2. The third kappa shape index (κ3) is 6.17. The summed E-state index contributed by atoms with van der Waals surface area (Å²) in [6, 6.07) is 7.22. The topological polar surface area (TPSA) is 61.4 Å². The van der Waals surface area contributed by atoms with Crippen molar-refractivity contribution < 1.29 is 9.47 Å². The highest BCUT2D eigenvalue weighted by molar-refractivity contribution is 5.80. The number of anilines is 1. The Morgan fingerprint density at radius 2 is 1.73 bits per heavy atom. The monoisotopic (exact) mass is 417 g/mol. The number of benzene rings is 1. The number of nitrogens with zero attached hydrogens (tertiary/aromatic N) is 3. The molecule has 0 aromatic heterocycles. The average molecular weight is 418 g/mol. The molecule has 7 nitrogen and oxygen atoms in total. The summed E-state index contributed by atoms with van der Waals surface area (Å²) in [5.74, 6) is 2.58. The molecule has 2 N–H and O–H groups in total. The second-order valence-electron chi connectivity index (χ2n) is 8.36. The standard InChI is InChI=1S/C23H39N5O2/c1-18-7-5-6-11-27(18)14-10-25-23(24-2)26-19-8-12-28(13-9-19)20-15-21(29-3)17-22(16-20)30-4/h15-19H,5-14H2,1-4H3,(H2,24,25,26). The maximum absolute atomic E-state index is 5.42. The number of hydrogen-bond donors (Lipinski definition) is 2. The van der Waals surface area contributed by atoms with Crippen molar-refractivity contribution in [1.82, 2.24) is 15.5 Å². The molecule has 0 bridgehead atoms. The van der Waals surface area contributed by atoms with E-state index in [0.717, 1.165) is 62.2 Å². The maximum Gasteiger partial charge on any atom is 0.191 e. The molecule has 30 heavy (non-hydrogen) atoms. The van der Waals surface area contributed by atoms with Crippen molar-refractivity contribution >= 4 is 11.6 Å². The first kappa shape index (κ1) is 22.5. The Kier molecular flexibility index (Phi) is 8.49. The van der Waals surface area contributed by atoms with E-state index in [2.05, 4.69) is 44.5 Å². The molecule has 2 aliphatic rings. The van der Waals surface area contributed by atoms with Crippen molar-refractivity contribution in [1.29, 1.82) is 0 Å². The van der Waals surface area contributed by atoms with Crippen molar-refractivity contribution in [2.24, 2.45) is 4.99 Å². The fraction of sp³-hybridized carbons (Fsp3) is 0.696. The highest BCUT2D eigenvalue weighted by atomic mass is 16.5. The van der Waals surface area contributed by atoms with Gasteiger partial charge in [0, 0.05) is 69.2 Å². The minimum absolute atomic E-state index is 0.439. The third-order valence-electron chi connectivity index (χ3n) is 6.39. The van der Waals surface area contributed by atoms with Gasteiger partial charge in [-0.2, -0.15) is 0 Å². The van der Waals surface area contributed by atoms with Gasteiger partial charge in [-0.25, -0.2) is 0 Å². The molecule has 2 fully saturated rings. The van der Waals surface area contributed by atoms with Gasteiger partial charge in [0.15, 0.2) is 5.96 Å². The van der Waals surface area contributed by atoms with Crippen LogP contribution in [0.2, 0.25) is 0 Å². The molecular weight excluding hydrogens is 378 g/mol. The Balaban J connectivity index is 1.44. The van der Waals surface area contributed by atoms with Crippen molar-refractivity contribution in [3.8, 4) is 11.5 Å². The van der Waals surface area contributed by atoms with E-state index in [4.69, 9.17) is 9.47 Å². The molecule has 1 unspecified atom stereocenters. The summed E-state index contributed by atoms with van der Waals surface area (Å²) >= 11 is 0. The molecule has 2 heterocycles. The summed E-state index contributed by atoms with van der Waals surface area (Å²) in [5.41, 5.74) is 1.16. The fourth-order valence-electron chi connectivity index (χ4n) is 4.45. The number of ether oxygens (including phenoxy) is 2. The largest absolute Gasteiger partial charge is 0.497 e. The van der Waals surface area contributed by atoms with Crippen LogP contribution in [0.25, 0.3) is 0 Å². The molecular formula is C23H39N5O2. The smallest absolute Gasteiger partial charge is 0.191 e. The molecule has 2 saturated heterocycles. The van der Waals surface area contributed by atoms with E-state index in [9.17, 15) is 0 Å². The number of rotatable bonds is 7. The van der Waals surface area contributed by atoms with Crippen LogP contribution >= 0.6 is 0 Å². The third-order valence-corrected chi connectivity index (χ3v) is 6.39. The lowest BCUT2D eigenvalue weighted by Gasteiger charge is -2.35. The molecule has 0 radical (unpaired) electrons. The molecule has 3 rings (SSSR count). The van der Waals surface area contributed by atoms with Crippen LogP contribution < -0.4 is 25.0 Å². The van der Waals surface area contributed by atoms with Gasteiger partial charge in [-0.3, -0.25) is 9.89 Å². The van der Waals surface area contributed by atoms with E-state index in [-0.39, 0.29) is 0 Å². The van der Waals surface area contributed by atoms with Crippen LogP contribution in [-0.4, -0.2) is 76.9 Å². The van der Waals surface area contributed by atoms with E-state index in [1.54, 1.807) is 14.2 Å². The van der Waals surface area contributed by atoms with Gasteiger partial charge in [0.25, 0.3) is 0 Å². The van der Waals surface area contributed by atoms with Crippen LogP contribution in [0, 0.1) is 0 Å². The fourth-order valence-corrected chi connectivity index (χ4v) is 4.45. The van der Waals surface area contributed by atoms with Gasteiger partial charge in [-0.1, -0.05) is 6.42 Å². The van der Waals surface area contributed by atoms with E-state index < -0.39 is 0 Å². The lowest BCUT2D eigenvalue weighted by atomic mass is 10.0. The van der Waals surface area contributed by atoms with Gasteiger partial charge >= 0.3 is 0 Å². The summed E-state index contributed by atoms with van der Waals surface area (Å²) in [6.07, 6.45) is 6.17. The predicted molar refractivity (Wildman–Crippen MR) is 124 cm³/mol. The van der Waals surface area contributed by atoms with Crippen LogP contribution in [0.1, 0.15) is 39.0 Å². The Morgan fingerprint density at radius 3 is 2.33 bits per heavy atom. The van der Waals surface area contributed by atoms with Gasteiger partial charge in [0.05, 0.1) is 14.2 Å². The van der Waals surface area contributed by atoms with Crippen molar-refractivity contribution in [2.75, 3.05) is 58.9 Å². The van der Waals surface area contributed by atoms with Crippen LogP contribution in [0.15, 0.2) is 23.2 Å². The molecule has 168 valence electrons. The lowest BCUT2D eigenvalue weighted by molar-refractivity contribution is 0.163. The quantitative estimate of drug-likeness (QED) is 0.525. The van der Waals surface area contributed by atoms with Crippen LogP contribution in [0.5, 0.6) is 11.5 Å². The Hall–Kier alpha value is -2.15.